The third-order valence-corrected chi connectivity index (χ3v) is 8.98. The Kier molecular flexibility index (Phi) is 11.7. The van der Waals surface area contributed by atoms with Gasteiger partial charge < -0.3 is 0 Å². The van der Waals surface area contributed by atoms with Crippen LogP contribution in [0.1, 0.15) is 146 Å². The molecule has 1 aromatic rings. The normalized spacial score (nSPS) is 25.9. The number of hydrogen-bond acceptors (Lipinski definition) is 0. The predicted molar refractivity (Wildman–Crippen MR) is 138 cm³/mol. The minimum absolute atomic E-state index is 0.212. The van der Waals surface area contributed by atoms with Crippen molar-refractivity contribution in [3.8, 4) is 0 Å². The van der Waals surface area contributed by atoms with E-state index in [1.165, 1.54) is 83.5 Å². The van der Waals surface area contributed by atoms with Crippen molar-refractivity contribution in [2.45, 2.75) is 142 Å². The lowest BCUT2D eigenvalue weighted by Gasteiger charge is -2.38. The van der Waals surface area contributed by atoms with E-state index in [-0.39, 0.29) is 5.92 Å². The van der Waals surface area contributed by atoms with E-state index in [9.17, 15) is 8.78 Å². The first-order valence-corrected chi connectivity index (χ1v) is 14.6. The van der Waals surface area contributed by atoms with Crippen molar-refractivity contribution in [1.82, 2.24) is 0 Å². The molecule has 2 heteroatoms. The summed E-state index contributed by atoms with van der Waals surface area (Å²) in [6.45, 7) is 4.42. The van der Waals surface area contributed by atoms with Crippen molar-refractivity contribution in [2.75, 3.05) is 0 Å². The lowest BCUT2D eigenvalue weighted by Crippen LogP contribution is -2.25. The van der Waals surface area contributed by atoms with Crippen LogP contribution in [0.15, 0.2) is 12.1 Å². The van der Waals surface area contributed by atoms with Gasteiger partial charge in [-0.3, -0.25) is 0 Å². The average molecular weight is 461 g/mol. The molecule has 1 aromatic carbocycles. The molecule has 2 fully saturated rings. The molecule has 0 saturated heterocycles. The van der Waals surface area contributed by atoms with Gasteiger partial charge in [-0.05, 0) is 86.2 Å². The maximum absolute atomic E-state index is 14.9. The highest BCUT2D eigenvalue weighted by Gasteiger charge is 2.32. The molecular weight excluding hydrogens is 410 g/mol. The van der Waals surface area contributed by atoms with E-state index in [0.29, 0.717) is 17.5 Å². The Labute approximate surface area is 203 Å². The smallest absolute Gasteiger partial charge is 0.162 e. The Hall–Kier alpha value is -0.920. The van der Waals surface area contributed by atoms with Crippen LogP contribution in [0, 0.1) is 29.4 Å². The Morgan fingerprint density at radius 3 is 1.88 bits per heavy atom. The second-order valence-corrected chi connectivity index (χ2v) is 11.3. The quantitative estimate of drug-likeness (QED) is 0.257. The van der Waals surface area contributed by atoms with Gasteiger partial charge in [-0.1, -0.05) is 96.6 Å². The van der Waals surface area contributed by atoms with Gasteiger partial charge in [0.05, 0.1) is 0 Å². The SMILES string of the molecule is CCCCCCCCC1CCC(C2CCC(c3ccc(CCCCC)c(F)c3F)CC2)CC1. The molecule has 2 aliphatic carbocycles. The van der Waals surface area contributed by atoms with Gasteiger partial charge in [0.25, 0.3) is 0 Å². The number of benzene rings is 1. The molecule has 2 saturated carbocycles. The summed E-state index contributed by atoms with van der Waals surface area (Å²) < 4.78 is 29.5. The van der Waals surface area contributed by atoms with Gasteiger partial charge >= 0.3 is 0 Å². The maximum Gasteiger partial charge on any atom is 0.162 e. The van der Waals surface area contributed by atoms with Crippen molar-refractivity contribution in [3.63, 3.8) is 0 Å². The monoisotopic (exact) mass is 460 g/mol. The summed E-state index contributed by atoms with van der Waals surface area (Å²) in [6.07, 6.45) is 23.8. The molecular formula is C31H50F2. The summed E-state index contributed by atoms with van der Waals surface area (Å²) in [5.41, 5.74) is 1.21. The van der Waals surface area contributed by atoms with E-state index in [4.69, 9.17) is 0 Å². The summed E-state index contributed by atoms with van der Waals surface area (Å²) >= 11 is 0. The molecule has 0 atom stereocenters. The van der Waals surface area contributed by atoms with E-state index < -0.39 is 11.6 Å². The van der Waals surface area contributed by atoms with Gasteiger partial charge in [-0.15, -0.1) is 0 Å². The molecule has 0 heterocycles. The van der Waals surface area contributed by atoms with Gasteiger partial charge in [0.15, 0.2) is 11.6 Å². The first-order valence-electron chi connectivity index (χ1n) is 14.6. The van der Waals surface area contributed by atoms with Crippen LogP contribution in [0.2, 0.25) is 0 Å². The summed E-state index contributed by atoms with van der Waals surface area (Å²) in [5, 5.41) is 0. The summed E-state index contributed by atoms with van der Waals surface area (Å²) in [4.78, 5) is 0. The van der Waals surface area contributed by atoms with E-state index in [1.54, 1.807) is 0 Å². The summed E-state index contributed by atoms with van der Waals surface area (Å²) in [5.74, 6) is 1.75. The Balaban J connectivity index is 1.38. The topological polar surface area (TPSA) is 0 Å². The second kappa shape index (κ2) is 14.5. The Morgan fingerprint density at radius 1 is 0.636 bits per heavy atom. The van der Waals surface area contributed by atoms with Crippen LogP contribution in [0.5, 0.6) is 0 Å². The van der Waals surface area contributed by atoms with E-state index in [1.807, 2.05) is 12.1 Å². The fourth-order valence-electron chi connectivity index (χ4n) is 6.74. The molecule has 0 radical (unpaired) electrons. The van der Waals surface area contributed by atoms with Crippen LogP contribution >= 0.6 is 0 Å². The second-order valence-electron chi connectivity index (χ2n) is 11.3. The van der Waals surface area contributed by atoms with Crippen LogP contribution in [0.3, 0.4) is 0 Å². The molecule has 3 rings (SSSR count). The number of aryl methyl sites for hydroxylation is 1. The third kappa shape index (κ3) is 8.07. The van der Waals surface area contributed by atoms with Crippen LogP contribution in [-0.2, 0) is 6.42 Å². The number of unbranched alkanes of at least 4 members (excludes halogenated alkanes) is 7. The van der Waals surface area contributed by atoms with Gasteiger partial charge in [0.2, 0.25) is 0 Å². The van der Waals surface area contributed by atoms with Gasteiger partial charge in [-0.25, -0.2) is 8.78 Å². The maximum atomic E-state index is 14.9. The molecule has 0 N–H and O–H groups in total. The van der Waals surface area contributed by atoms with Crippen molar-refractivity contribution >= 4 is 0 Å². The Bertz CT molecular complexity index is 666. The van der Waals surface area contributed by atoms with Crippen LogP contribution in [-0.4, -0.2) is 0 Å². The molecule has 0 spiro atoms. The minimum atomic E-state index is -0.575. The summed E-state index contributed by atoms with van der Waals surface area (Å²) in [6, 6.07) is 3.76. The molecule has 0 aromatic heterocycles. The highest BCUT2D eigenvalue weighted by atomic mass is 19.2. The zero-order valence-electron chi connectivity index (χ0n) is 21.7. The van der Waals surface area contributed by atoms with Crippen molar-refractivity contribution in [3.05, 3.63) is 34.9 Å². The molecule has 33 heavy (non-hydrogen) atoms. The molecule has 188 valence electrons. The largest absolute Gasteiger partial charge is 0.203 e. The molecule has 0 nitrogen and oxygen atoms in total. The lowest BCUT2D eigenvalue weighted by molar-refractivity contribution is 0.155. The first-order chi connectivity index (χ1) is 16.1. The van der Waals surface area contributed by atoms with Crippen LogP contribution in [0.25, 0.3) is 0 Å². The van der Waals surface area contributed by atoms with E-state index >= 15 is 0 Å². The minimum Gasteiger partial charge on any atom is -0.203 e. The van der Waals surface area contributed by atoms with Gasteiger partial charge in [0, 0.05) is 0 Å². The fourth-order valence-corrected chi connectivity index (χ4v) is 6.74. The fraction of sp³-hybridized carbons (Fsp3) is 0.806. The molecule has 2 aliphatic rings. The van der Waals surface area contributed by atoms with Crippen molar-refractivity contribution < 1.29 is 8.78 Å². The van der Waals surface area contributed by atoms with Gasteiger partial charge in [-0.2, -0.15) is 0 Å². The standard InChI is InChI=1S/C31H50F2/c1-3-5-7-8-9-11-12-24-14-16-25(17-15-24)26-18-20-27(21-19-26)29-23-22-28(13-10-6-4-2)30(32)31(29)33/h22-27H,3-21H2,1-2H3. The van der Waals surface area contributed by atoms with Crippen LogP contribution in [0.4, 0.5) is 8.78 Å². The van der Waals surface area contributed by atoms with Crippen molar-refractivity contribution in [2.24, 2.45) is 17.8 Å². The highest BCUT2D eigenvalue weighted by Crippen LogP contribution is 2.45. The third-order valence-electron chi connectivity index (χ3n) is 8.98. The molecule has 0 amide bonds. The molecule has 0 unspecified atom stereocenters. The lowest BCUT2D eigenvalue weighted by atomic mass is 9.68. The highest BCUT2D eigenvalue weighted by molar-refractivity contribution is 5.29. The zero-order chi connectivity index (χ0) is 23.5. The van der Waals surface area contributed by atoms with Gasteiger partial charge in [0.1, 0.15) is 0 Å². The van der Waals surface area contributed by atoms with E-state index in [0.717, 1.165) is 49.9 Å². The van der Waals surface area contributed by atoms with Crippen LogP contribution < -0.4 is 0 Å². The van der Waals surface area contributed by atoms with Crippen molar-refractivity contribution in [1.29, 1.82) is 0 Å². The zero-order valence-corrected chi connectivity index (χ0v) is 21.7. The molecule has 0 aliphatic heterocycles. The number of halogens is 2. The van der Waals surface area contributed by atoms with E-state index in [2.05, 4.69) is 13.8 Å². The number of hydrogen-bond donors (Lipinski definition) is 0. The predicted octanol–water partition coefficient (Wildman–Crippen LogP) is 10.5. The summed E-state index contributed by atoms with van der Waals surface area (Å²) in [7, 11) is 0. The Morgan fingerprint density at radius 2 is 1.21 bits per heavy atom. The molecule has 0 bridgehead atoms. The first kappa shape index (κ1) is 26.7. The average Bonchev–Trinajstić information content (AvgIpc) is 2.85. The number of rotatable bonds is 13.